The fourth-order valence-corrected chi connectivity index (χ4v) is 2.90. The first-order chi connectivity index (χ1) is 12.6. The monoisotopic (exact) mass is 369 g/mol. The number of phenols is 1. The van der Waals surface area contributed by atoms with Crippen LogP contribution in [0.15, 0.2) is 42.5 Å². The van der Waals surface area contributed by atoms with Crippen molar-refractivity contribution in [2.24, 2.45) is 0 Å². The molecule has 0 spiro atoms. The minimum Gasteiger partial charge on any atom is -0.508 e. The number of hydrogen-bond acceptors (Lipinski definition) is 3. The van der Waals surface area contributed by atoms with Crippen LogP contribution >= 0.6 is 0 Å². The molecule has 0 aliphatic carbocycles. The molecule has 2 aromatic rings. The second kappa shape index (κ2) is 8.25. The van der Waals surface area contributed by atoms with Gasteiger partial charge in [0.05, 0.1) is 6.42 Å². The predicted octanol–water partition coefficient (Wildman–Crippen LogP) is 3.81. The summed E-state index contributed by atoms with van der Waals surface area (Å²) in [5.41, 5.74) is 3.20. The number of hydrogen-bond donors (Lipinski definition) is 3. The SMILES string of the molecule is Cc1cc(CC(CC(=O)O)NC(=O)c2ccc(C(C)(C)C)cc2)ccc1O. The fraction of sp³-hybridized carbons (Fsp3) is 0.364. The van der Waals surface area contributed by atoms with Crippen molar-refractivity contribution >= 4 is 11.9 Å². The van der Waals surface area contributed by atoms with Crippen molar-refractivity contribution in [1.82, 2.24) is 5.32 Å². The molecule has 0 aromatic heterocycles. The third kappa shape index (κ3) is 5.84. The molecule has 2 rings (SSSR count). The molecule has 0 radical (unpaired) electrons. The van der Waals surface area contributed by atoms with Crippen LogP contribution in [-0.4, -0.2) is 28.1 Å². The maximum atomic E-state index is 12.6. The van der Waals surface area contributed by atoms with Crippen LogP contribution in [0.4, 0.5) is 0 Å². The molecule has 2 aromatic carbocycles. The number of aryl methyl sites for hydroxylation is 1. The minimum absolute atomic E-state index is 0.00240. The Labute approximate surface area is 160 Å². The Hall–Kier alpha value is -2.82. The van der Waals surface area contributed by atoms with Crippen LogP contribution in [0.3, 0.4) is 0 Å². The van der Waals surface area contributed by atoms with Gasteiger partial charge >= 0.3 is 5.97 Å². The quantitative estimate of drug-likeness (QED) is 0.722. The van der Waals surface area contributed by atoms with Gasteiger partial charge in [0.1, 0.15) is 5.75 Å². The van der Waals surface area contributed by atoms with Crippen molar-refractivity contribution in [2.45, 2.75) is 52.0 Å². The standard InChI is InChI=1S/C22H27NO4/c1-14-11-15(5-10-19(14)24)12-18(13-20(25)26)23-21(27)16-6-8-17(9-7-16)22(2,3)4/h5-11,18,24H,12-13H2,1-4H3,(H,23,27)(H,25,26). The number of phenolic OH excluding ortho intramolecular Hbond substituents is 1. The summed E-state index contributed by atoms with van der Waals surface area (Å²) >= 11 is 0. The molecule has 0 aliphatic heterocycles. The molecule has 5 heteroatoms. The maximum Gasteiger partial charge on any atom is 0.305 e. The Bertz CT molecular complexity index is 819. The molecule has 0 saturated carbocycles. The smallest absolute Gasteiger partial charge is 0.305 e. The van der Waals surface area contributed by atoms with E-state index in [1.165, 1.54) is 0 Å². The van der Waals surface area contributed by atoms with E-state index in [1.807, 2.05) is 12.1 Å². The molecule has 144 valence electrons. The van der Waals surface area contributed by atoms with E-state index in [-0.39, 0.29) is 23.5 Å². The summed E-state index contributed by atoms with van der Waals surface area (Å²) < 4.78 is 0. The molecule has 3 N–H and O–H groups in total. The van der Waals surface area contributed by atoms with E-state index in [0.29, 0.717) is 17.5 Å². The molecule has 0 saturated heterocycles. The van der Waals surface area contributed by atoms with E-state index >= 15 is 0 Å². The second-order valence-electron chi connectivity index (χ2n) is 7.92. The second-order valence-corrected chi connectivity index (χ2v) is 7.92. The first-order valence-electron chi connectivity index (χ1n) is 8.98. The molecule has 0 fully saturated rings. The third-order valence-corrected chi connectivity index (χ3v) is 4.51. The Kier molecular flexibility index (Phi) is 6.26. The van der Waals surface area contributed by atoms with Crippen LogP contribution in [-0.2, 0) is 16.6 Å². The maximum absolute atomic E-state index is 12.6. The number of nitrogens with one attached hydrogen (secondary N) is 1. The van der Waals surface area contributed by atoms with Crippen LogP contribution in [0.1, 0.15) is 54.2 Å². The summed E-state index contributed by atoms with van der Waals surface area (Å²) in [5, 5.41) is 21.6. The number of benzene rings is 2. The van der Waals surface area contributed by atoms with Crippen molar-refractivity contribution in [1.29, 1.82) is 0 Å². The van der Waals surface area contributed by atoms with Crippen molar-refractivity contribution in [2.75, 3.05) is 0 Å². The number of carboxylic acid groups (broad SMARTS) is 1. The van der Waals surface area contributed by atoms with Gasteiger partial charge < -0.3 is 15.5 Å². The molecule has 27 heavy (non-hydrogen) atoms. The van der Waals surface area contributed by atoms with E-state index in [9.17, 15) is 19.8 Å². The van der Waals surface area contributed by atoms with Crippen molar-refractivity contribution in [3.8, 4) is 5.75 Å². The average Bonchev–Trinajstić information content (AvgIpc) is 2.57. The van der Waals surface area contributed by atoms with Gasteiger partial charge in [-0.3, -0.25) is 9.59 Å². The molecule has 1 unspecified atom stereocenters. The van der Waals surface area contributed by atoms with Gasteiger partial charge in [-0.2, -0.15) is 0 Å². The zero-order chi connectivity index (χ0) is 20.2. The first-order valence-corrected chi connectivity index (χ1v) is 8.98. The molecule has 1 amide bonds. The zero-order valence-corrected chi connectivity index (χ0v) is 16.2. The van der Waals surface area contributed by atoms with E-state index in [1.54, 1.807) is 37.3 Å². The van der Waals surface area contributed by atoms with Gasteiger partial charge in [-0.1, -0.05) is 45.0 Å². The number of carbonyl (C=O) groups excluding carboxylic acids is 1. The van der Waals surface area contributed by atoms with Crippen LogP contribution in [0.5, 0.6) is 5.75 Å². The number of carbonyl (C=O) groups is 2. The number of amides is 1. The molecular formula is C22H27NO4. The van der Waals surface area contributed by atoms with Crippen LogP contribution in [0.25, 0.3) is 0 Å². The van der Waals surface area contributed by atoms with Gasteiger partial charge in [0.15, 0.2) is 0 Å². The molecule has 0 bridgehead atoms. The lowest BCUT2D eigenvalue weighted by molar-refractivity contribution is -0.137. The van der Waals surface area contributed by atoms with Crippen molar-refractivity contribution in [3.05, 3.63) is 64.7 Å². The molecule has 5 nitrogen and oxygen atoms in total. The van der Waals surface area contributed by atoms with Gasteiger partial charge in [-0.05, 0) is 53.6 Å². The summed E-state index contributed by atoms with van der Waals surface area (Å²) in [4.78, 5) is 23.8. The lowest BCUT2D eigenvalue weighted by Crippen LogP contribution is -2.38. The zero-order valence-electron chi connectivity index (χ0n) is 16.2. The van der Waals surface area contributed by atoms with Gasteiger partial charge in [-0.25, -0.2) is 0 Å². The lowest BCUT2D eigenvalue weighted by atomic mass is 9.86. The van der Waals surface area contributed by atoms with Gasteiger partial charge in [0, 0.05) is 11.6 Å². The highest BCUT2D eigenvalue weighted by atomic mass is 16.4. The predicted molar refractivity (Wildman–Crippen MR) is 105 cm³/mol. The molecule has 0 heterocycles. The van der Waals surface area contributed by atoms with Gasteiger partial charge in [-0.15, -0.1) is 0 Å². The van der Waals surface area contributed by atoms with E-state index in [4.69, 9.17) is 0 Å². The summed E-state index contributed by atoms with van der Waals surface area (Å²) in [7, 11) is 0. The largest absolute Gasteiger partial charge is 0.508 e. The van der Waals surface area contributed by atoms with Gasteiger partial charge in [0.2, 0.25) is 0 Å². The summed E-state index contributed by atoms with van der Waals surface area (Å²) in [6.07, 6.45) is 0.199. The number of rotatable bonds is 6. The Balaban J connectivity index is 2.13. The molecular weight excluding hydrogens is 342 g/mol. The van der Waals surface area contributed by atoms with E-state index in [2.05, 4.69) is 26.1 Å². The number of aliphatic carboxylic acids is 1. The topological polar surface area (TPSA) is 86.6 Å². The van der Waals surface area contributed by atoms with Crippen LogP contribution in [0, 0.1) is 6.92 Å². The highest BCUT2D eigenvalue weighted by Gasteiger charge is 2.19. The first kappa shape index (κ1) is 20.5. The Morgan fingerprint density at radius 3 is 2.22 bits per heavy atom. The Morgan fingerprint density at radius 1 is 1.07 bits per heavy atom. The lowest BCUT2D eigenvalue weighted by Gasteiger charge is -2.20. The van der Waals surface area contributed by atoms with Gasteiger partial charge in [0.25, 0.3) is 5.91 Å². The van der Waals surface area contributed by atoms with Crippen molar-refractivity contribution < 1.29 is 19.8 Å². The highest BCUT2D eigenvalue weighted by Crippen LogP contribution is 2.22. The number of aromatic hydroxyl groups is 1. The molecule has 0 aliphatic rings. The third-order valence-electron chi connectivity index (χ3n) is 4.51. The fourth-order valence-electron chi connectivity index (χ4n) is 2.90. The minimum atomic E-state index is -0.973. The van der Waals surface area contributed by atoms with E-state index in [0.717, 1.165) is 11.1 Å². The van der Waals surface area contributed by atoms with E-state index < -0.39 is 12.0 Å². The number of carboxylic acids is 1. The summed E-state index contributed by atoms with van der Waals surface area (Å²) in [5.74, 6) is -1.08. The average molecular weight is 369 g/mol. The van der Waals surface area contributed by atoms with Crippen LogP contribution < -0.4 is 5.32 Å². The normalized spacial score (nSPS) is 12.4. The van der Waals surface area contributed by atoms with Crippen molar-refractivity contribution in [3.63, 3.8) is 0 Å². The van der Waals surface area contributed by atoms with Crippen LogP contribution in [0.2, 0.25) is 0 Å². The highest BCUT2D eigenvalue weighted by molar-refractivity contribution is 5.94. The summed E-state index contributed by atoms with van der Waals surface area (Å²) in [6, 6.07) is 11.9. The Morgan fingerprint density at radius 2 is 1.70 bits per heavy atom. The summed E-state index contributed by atoms with van der Waals surface area (Å²) in [6.45, 7) is 8.08. The molecule has 1 atom stereocenters.